The van der Waals surface area contributed by atoms with E-state index in [9.17, 15) is 4.79 Å². The second-order valence-electron chi connectivity index (χ2n) is 4.69. The van der Waals surface area contributed by atoms with Gasteiger partial charge in [0.1, 0.15) is 0 Å². The molecule has 2 N–H and O–H groups in total. The first-order chi connectivity index (χ1) is 8.84. The van der Waals surface area contributed by atoms with E-state index in [2.05, 4.69) is 15.8 Å². The average Bonchev–Trinajstić information content (AvgIpc) is 2.45. The van der Waals surface area contributed by atoms with Crippen LogP contribution < -0.4 is 10.9 Å². The summed E-state index contributed by atoms with van der Waals surface area (Å²) in [5.74, 6) is 0.0458. The molecule has 4 heteroatoms. The molecule has 2 rings (SSSR count). The number of benzene rings is 1. The number of para-hydroxylation sites is 1. The van der Waals surface area contributed by atoms with Crippen LogP contribution in [0.4, 0.5) is 5.69 Å². The molecule has 18 heavy (non-hydrogen) atoms. The van der Waals surface area contributed by atoms with Crippen LogP contribution in [0.15, 0.2) is 30.3 Å². The maximum Gasteiger partial charge on any atom is 0.239 e. The molecule has 1 aromatic rings. The van der Waals surface area contributed by atoms with Gasteiger partial charge in [-0.3, -0.25) is 15.6 Å². The van der Waals surface area contributed by atoms with Gasteiger partial charge in [-0.2, -0.15) is 0 Å². The van der Waals surface area contributed by atoms with Crippen LogP contribution in [-0.2, 0) is 4.79 Å². The average molecular weight is 247 g/mol. The SMILES string of the molecule is O=C(CCN1CCCCC1)NNc1ccccc1. The minimum absolute atomic E-state index is 0.0458. The van der Waals surface area contributed by atoms with E-state index in [1.165, 1.54) is 19.3 Å². The number of carbonyl (C=O) groups is 1. The van der Waals surface area contributed by atoms with Crippen molar-refractivity contribution in [1.82, 2.24) is 10.3 Å². The van der Waals surface area contributed by atoms with Gasteiger partial charge in [0.2, 0.25) is 5.91 Å². The Morgan fingerprint density at radius 2 is 1.83 bits per heavy atom. The number of likely N-dealkylation sites (tertiary alicyclic amines) is 1. The zero-order valence-corrected chi connectivity index (χ0v) is 10.7. The van der Waals surface area contributed by atoms with E-state index < -0.39 is 0 Å². The first kappa shape index (κ1) is 12.9. The Bertz CT molecular complexity index is 361. The van der Waals surface area contributed by atoms with E-state index >= 15 is 0 Å². The molecular formula is C14H21N3O. The Labute approximate surface area is 108 Å². The van der Waals surface area contributed by atoms with Gasteiger partial charge in [-0.15, -0.1) is 0 Å². The van der Waals surface area contributed by atoms with Crippen LogP contribution in [0.5, 0.6) is 0 Å². The summed E-state index contributed by atoms with van der Waals surface area (Å²) in [5, 5.41) is 0. The zero-order valence-electron chi connectivity index (χ0n) is 10.7. The van der Waals surface area contributed by atoms with Crippen molar-refractivity contribution in [3.05, 3.63) is 30.3 Å². The molecule has 4 nitrogen and oxygen atoms in total. The molecule has 1 saturated heterocycles. The number of hydrogen-bond donors (Lipinski definition) is 2. The summed E-state index contributed by atoms with van der Waals surface area (Å²) in [6.07, 6.45) is 4.42. The molecular weight excluding hydrogens is 226 g/mol. The molecule has 1 fully saturated rings. The normalized spacial score (nSPS) is 16.2. The van der Waals surface area contributed by atoms with Crippen molar-refractivity contribution in [3.8, 4) is 0 Å². The fourth-order valence-corrected chi connectivity index (χ4v) is 2.17. The van der Waals surface area contributed by atoms with Crippen LogP contribution in [0.3, 0.4) is 0 Å². The third kappa shape index (κ3) is 4.37. The van der Waals surface area contributed by atoms with Crippen molar-refractivity contribution < 1.29 is 4.79 Å². The molecule has 0 spiro atoms. The third-order valence-corrected chi connectivity index (χ3v) is 3.22. The largest absolute Gasteiger partial charge is 0.303 e. The standard InChI is InChI=1S/C14H21N3O/c18-14(9-12-17-10-5-2-6-11-17)16-15-13-7-3-1-4-8-13/h1,3-4,7-8,15H,2,5-6,9-12H2,(H,16,18). The Morgan fingerprint density at radius 1 is 1.11 bits per heavy atom. The van der Waals surface area contributed by atoms with Crippen LogP contribution in [0.25, 0.3) is 0 Å². The number of nitrogens with one attached hydrogen (secondary N) is 2. The Morgan fingerprint density at radius 3 is 2.56 bits per heavy atom. The van der Waals surface area contributed by atoms with Gasteiger partial charge < -0.3 is 4.90 Å². The predicted molar refractivity (Wildman–Crippen MR) is 73.1 cm³/mol. The van der Waals surface area contributed by atoms with Gasteiger partial charge in [-0.25, -0.2) is 0 Å². The van der Waals surface area contributed by atoms with E-state index in [0.29, 0.717) is 6.42 Å². The van der Waals surface area contributed by atoms with E-state index in [4.69, 9.17) is 0 Å². The third-order valence-electron chi connectivity index (χ3n) is 3.22. The van der Waals surface area contributed by atoms with Crippen LogP contribution in [0.2, 0.25) is 0 Å². The molecule has 0 saturated carbocycles. The van der Waals surface area contributed by atoms with E-state index in [1.54, 1.807) is 0 Å². The minimum Gasteiger partial charge on any atom is -0.303 e. The van der Waals surface area contributed by atoms with Crippen molar-refractivity contribution in [2.24, 2.45) is 0 Å². The van der Waals surface area contributed by atoms with Gasteiger partial charge in [0.25, 0.3) is 0 Å². The van der Waals surface area contributed by atoms with E-state index in [1.807, 2.05) is 30.3 Å². The Balaban J connectivity index is 1.63. The highest BCUT2D eigenvalue weighted by atomic mass is 16.2. The quantitative estimate of drug-likeness (QED) is 0.782. The highest BCUT2D eigenvalue weighted by molar-refractivity contribution is 5.77. The number of hydrogen-bond acceptors (Lipinski definition) is 3. The topological polar surface area (TPSA) is 44.4 Å². The fraction of sp³-hybridized carbons (Fsp3) is 0.500. The molecule has 1 aliphatic heterocycles. The summed E-state index contributed by atoms with van der Waals surface area (Å²) in [6.45, 7) is 3.14. The van der Waals surface area contributed by atoms with Gasteiger partial charge in [0, 0.05) is 13.0 Å². The highest BCUT2D eigenvalue weighted by Gasteiger charge is 2.11. The van der Waals surface area contributed by atoms with Gasteiger partial charge in [-0.1, -0.05) is 24.6 Å². The zero-order chi connectivity index (χ0) is 12.6. The molecule has 1 aromatic carbocycles. The molecule has 0 aromatic heterocycles. The maximum atomic E-state index is 11.7. The van der Waals surface area contributed by atoms with Crippen LogP contribution in [0.1, 0.15) is 25.7 Å². The number of nitrogens with zero attached hydrogens (tertiary/aromatic N) is 1. The summed E-state index contributed by atoms with van der Waals surface area (Å²) in [4.78, 5) is 14.0. The lowest BCUT2D eigenvalue weighted by molar-refractivity contribution is -0.121. The van der Waals surface area contributed by atoms with E-state index in [-0.39, 0.29) is 5.91 Å². The van der Waals surface area contributed by atoms with Crippen molar-refractivity contribution in [1.29, 1.82) is 0 Å². The molecule has 98 valence electrons. The number of hydrazine groups is 1. The number of amides is 1. The molecule has 1 heterocycles. The smallest absolute Gasteiger partial charge is 0.239 e. The summed E-state index contributed by atoms with van der Waals surface area (Å²) < 4.78 is 0. The second-order valence-corrected chi connectivity index (χ2v) is 4.69. The van der Waals surface area contributed by atoms with Crippen LogP contribution in [0, 0.1) is 0 Å². The van der Waals surface area contributed by atoms with Crippen molar-refractivity contribution in [3.63, 3.8) is 0 Å². The maximum absolute atomic E-state index is 11.7. The summed E-state index contributed by atoms with van der Waals surface area (Å²) >= 11 is 0. The van der Waals surface area contributed by atoms with Crippen LogP contribution >= 0.6 is 0 Å². The number of piperidine rings is 1. The summed E-state index contributed by atoms with van der Waals surface area (Å²) in [7, 11) is 0. The van der Waals surface area contributed by atoms with Gasteiger partial charge in [-0.05, 0) is 38.1 Å². The van der Waals surface area contributed by atoms with Gasteiger partial charge in [0.15, 0.2) is 0 Å². The molecule has 1 aliphatic rings. The monoisotopic (exact) mass is 247 g/mol. The Hall–Kier alpha value is -1.55. The first-order valence-electron chi connectivity index (χ1n) is 6.67. The minimum atomic E-state index is 0.0458. The van der Waals surface area contributed by atoms with E-state index in [0.717, 1.165) is 25.3 Å². The van der Waals surface area contributed by atoms with Crippen molar-refractivity contribution >= 4 is 11.6 Å². The number of anilines is 1. The van der Waals surface area contributed by atoms with Gasteiger partial charge >= 0.3 is 0 Å². The lowest BCUT2D eigenvalue weighted by Gasteiger charge is -2.25. The molecule has 0 aliphatic carbocycles. The van der Waals surface area contributed by atoms with Crippen molar-refractivity contribution in [2.75, 3.05) is 25.1 Å². The molecule has 0 atom stereocenters. The fourth-order valence-electron chi connectivity index (χ4n) is 2.17. The Kier molecular flexibility index (Phi) is 5.02. The second kappa shape index (κ2) is 7.01. The molecule has 1 amide bonds. The number of rotatable bonds is 5. The summed E-state index contributed by atoms with van der Waals surface area (Å²) in [6, 6.07) is 9.66. The number of carbonyl (C=O) groups excluding carboxylic acids is 1. The van der Waals surface area contributed by atoms with Gasteiger partial charge in [0.05, 0.1) is 5.69 Å². The highest BCUT2D eigenvalue weighted by Crippen LogP contribution is 2.08. The lowest BCUT2D eigenvalue weighted by atomic mass is 10.1. The summed E-state index contributed by atoms with van der Waals surface area (Å²) in [5.41, 5.74) is 6.54. The molecule has 0 bridgehead atoms. The van der Waals surface area contributed by atoms with Crippen LogP contribution in [-0.4, -0.2) is 30.4 Å². The molecule has 0 unspecified atom stereocenters. The molecule has 0 radical (unpaired) electrons. The lowest BCUT2D eigenvalue weighted by Crippen LogP contribution is -2.35. The first-order valence-corrected chi connectivity index (χ1v) is 6.67. The van der Waals surface area contributed by atoms with Crippen molar-refractivity contribution in [2.45, 2.75) is 25.7 Å². The predicted octanol–water partition coefficient (Wildman–Crippen LogP) is 2.01.